The van der Waals surface area contributed by atoms with E-state index in [1.54, 1.807) is 18.2 Å². The molecular formula is C16H24FNOS. The smallest absolute Gasteiger partial charge is 0.138 e. The lowest BCUT2D eigenvalue weighted by Gasteiger charge is -2.15. The number of nitrogens with two attached hydrogens (primary N) is 1. The molecule has 1 aromatic carbocycles. The summed E-state index contributed by atoms with van der Waals surface area (Å²) < 4.78 is 19.7. The molecule has 0 aromatic heterocycles. The van der Waals surface area contributed by atoms with E-state index in [9.17, 15) is 4.39 Å². The average molecular weight is 297 g/mol. The van der Waals surface area contributed by atoms with Crippen LogP contribution in [0.5, 0.6) is 0 Å². The van der Waals surface area contributed by atoms with E-state index in [1.807, 2.05) is 0 Å². The van der Waals surface area contributed by atoms with Crippen LogP contribution in [-0.2, 0) is 11.3 Å². The van der Waals surface area contributed by atoms with Gasteiger partial charge in [-0.05, 0) is 18.4 Å². The van der Waals surface area contributed by atoms with Gasteiger partial charge in [-0.2, -0.15) is 0 Å². The zero-order valence-electron chi connectivity index (χ0n) is 12.3. The maximum atomic E-state index is 14.1. The fraction of sp³-hybridized carbons (Fsp3) is 0.562. The van der Waals surface area contributed by atoms with Gasteiger partial charge in [0.1, 0.15) is 10.8 Å². The minimum atomic E-state index is -0.360. The van der Waals surface area contributed by atoms with Crippen molar-refractivity contribution in [2.45, 2.75) is 46.1 Å². The number of halogens is 1. The molecule has 0 spiro atoms. The maximum absolute atomic E-state index is 14.1. The summed E-state index contributed by atoms with van der Waals surface area (Å²) in [4.78, 5) is 0.0822. The molecule has 20 heavy (non-hydrogen) atoms. The van der Waals surface area contributed by atoms with Gasteiger partial charge < -0.3 is 10.5 Å². The van der Waals surface area contributed by atoms with Crippen molar-refractivity contribution in [2.75, 3.05) is 6.61 Å². The molecule has 1 unspecified atom stereocenters. The molecule has 0 radical (unpaired) electrons. The maximum Gasteiger partial charge on any atom is 0.138 e. The van der Waals surface area contributed by atoms with E-state index in [2.05, 4.69) is 13.8 Å². The van der Waals surface area contributed by atoms with E-state index in [0.29, 0.717) is 23.7 Å². The quantitative estimate of drug-likeness (QED) is 0.694. The first kappa shape index (κ1) is 17.1. The molecular weight excluding hydrogens is 273 g/mol. The van der Waals surface area contributed by atoms with Gasteiger partial charge in [0.15, 0.2) is 0 Å². The largest absolute Gasteiger partial charge is 0.389 e. The summed E-state index contributed by atoms with van der Waals surface area (Å²) in [6.45, 7) is 5.29. The second-order valence-electron chi connectivity index (χ2n) is 5.07. The van der Waals surface area contributed by atoms with E-state index in [0.717, 1.165) is 6.42 Å². The highest BCUT2D eigenvalue weighted by Gasteiger charge is 2.11. The lowest BCUT2D eigenvalue weighted by molar-refractivity contribution is 0.0802. The van der Waals surface area contributed by atoms with Gasteiger partial charge in [-0.25, -0.2) is 4.39 Å². The highest BCUT2D eigenvalue weighted by atomic mass is 32.1. The molecule has 0 heterocycles. The van der Waals surface area contributed by atoms with Crippen LogP contribution in [0.2, 0.25) is 0 Å². The molecule has 0 amide bonds. The minimum Gasteiger partial charge on any atom is -0.389 e. The Morgan fingerprint density at radius 2 is 2.15 bits per heavy atom. The number of benzene rings is 1. The first-order valence-electron chi connectivity index (χ1n) is 7.25. The van der Waals surface area contributed by atoms with Crippen LogP contribution in [0.3, 0.4) is 0 Å². The molecule has 2 N–H and O–H groups in total. The number of hydrogen-bond donors (Lipinski definition) is 1. The van der Waals surface area contributed by atoms with E-state index in [-0.39, 0.29) is 17.4 Å². The molecule has 1 rings (SSSR count). The van der Waals surface area contributed by atoms with Crippen molar-refractivity contribution in [3.05, 3.63) is 35.1 Å². The van der Waals surface area contributed by atoms with Crippen LogP contribution in [0.25, 0.3) is 0 Å². The Bertz CT molecular complexity index is 436. The monoisotopic (exact) mass is 297 g/mol. The molecule has 0 aliphatic heterocycles. The molecule has 0 fully saturated rings. The Morgan fingerprint density at radius 3 is 2.75 bits per heavy atom. The van der Waals surface area contributed by atoms with E-state index in [1.165, 1.54) is 19.3 Å². The lowest BCUT2D eigenvalue weighted by atomic mass is 10.0. The normalized spacial score (nSPS) is 12.3. The number of hydrogen-bond acceptors (Lipinski definition) is 2. The Hall–Kier alpha value is -1.00. The van der Waals surface area contributed by atoms with Crippen molar-refractivity contribution in [3.8, 4) is 0 Å². The minimum absolute atomic E-state index is 0.0822. The zero-order chi connectivity index (χ0) is 15.0. The van der Waals surface area contributed by atoms with Crippen LogP contribution < -0.4 is 5.73 Å². The lowest BCUT2D eigenvalue weighted by Crippen LogP contribution is -2.14. The summed E-state index contributed by atoms with van der Waals surface area (Å²) in [6, 6.07) is 5.06. The van der Waals surface area contributed by atoms with Gasteiger partial charge in [0, 0.05) is 17.7 Å². The van der Waals surface area contributed by atoms with Crippen LogP contribution in [0.4, 0.5) is 4.39 Å². The van der Waals surface area contributed by atoms with Crippen molar-refractivity contribution in [2.24, 2.45) is 11.7 Å². The van der Waals surface area contributed by atoms with Gasteiger partial charge in [0.2, 0.25) is 0 Å². The molecule has 112 valence electrons. The van der Waals surface area contributed by atoms with Gasteiger partial charge in [0.25, 0.3) is 0 Å². The third kappa shape index (κ3) is 5.17. The number of rotatable bonds is 9. The Kier molecular flexibility index (Phi) is 7.70. The SMILES string of the molecule is CCCCC(CC)COCc1cccc(C(N)=S)c1F. The third-order valence-corrected chi connectivity index (χ3v) is 3.72. The van der Waals surface area contributed by atoms with Crippen LogP contribution in [0.1, 0.15) is 50.7 Å². The molecule has 0 aliphatic carbocycles. The molecule has 0 bridgehead atoms. The van der Waals surface area contributed by atoms with Crippen molar-refractivity contribution >= 4 is 17.2 Å². The standard InChI is InChI=1S/C16H24FNOS/c1-3-5-7-12(4-2)10-19-11-13-8-6-9-14(15(13)17)16(18)20/h6,8-9,12H,3-5,7,10-11H2,1-2H3,(H2,18,20). The first-order chi connectivity index (χ1) is 9.60. The summed E-state index contributed by atoms with van der Waals surface area (Å²) in [5, 5.41) is 0. The summed E-state index contributed by atoms with van der Waals surface area (Å²) in [7, 11) is 0. The summed E-state index contributed by atoms with van der Waals surface area (Å²) >= 11 is 4.83. The van der Waals surface area contributed by atoms with E-state index >= 15 is 0 Å². The Balaban J connectivity index is 2.53. The van der Waals surface area contributed by atoms with Crippen molar-refractivity contribution < 1.29 is 9.13 Å². The second kappa shape index (κ2) is 9.03. The molecule has 0 aliphatic rings. The molecule has 0 saturated heterocycles. The second-order valence-corrected chi connectivity index (χ2v) is 5.51. The molecule has 2 nitrogen and oxygen atoms in total. The molecule has 1 aromatic rings. The van der Waals surface area contributed by atoms with Gasteiger partial charge in [-0.3, -0.25) is 0 Å². The van der Waals surface area contributed by atoms with Gasteiger partial charge >= 0.3 is 0 Å². The van der Waals surface area contributed by atoms with Crippen molar-refractivity contribution in [3.63, 3.8) is 0 Å². The van der Waals surface area contributed by atoms with E-state index < -0.39 is 0 Å². The fourth-order valence-electron chi connectivity index (χ4n) is 2.12. The predicted molar refractivity (Wildman–Crippen MR) is 85.2 cm³/mol. The van der Waals surface area contributed by atoms with Crippen LogP contribution >= 0.6 is 12.2 Å². The van der Waals surface area contributed by atoms with Gasteiger partial charge in [-0.15, -0.1) is 0 Å². The predicted octanol–water partition coefficient (Wildman–Crippen LogP) is 4.19. The zero-order valence-corrected chi connectivity index (χ0v) is 13.1. The summed E-state index contributed by atoms with van der Waals surface area (Å²) in [5.74, 6) is 0.193. The van der Waals surface area contributed by atoms with E-state index in [4.69, 9.17) is 22.7 Å². The first-order valence-corrected chi connectivity index (χ1v) is 7.65. The Morgan fingerprint density at radius 1 is 1.40 bits per heavy atom. The summed E-state index contributed by atoms with van der Waals surface area (Å²) in [5.41, 5.74) is 6.29. The van der Waals surface area contributed by atoms with Crippen molar-refractivity contribution in [1.82, 2.24) is 0 Å². The topological polar surface area (TPSA) is 35.2 Å². The average Bonchev–Trinajstić information content (AvgIpc) is 2.44. The van der Waals surface area contributed by atoms with Gasteiger partial charge in [-0.1, -0.05) is 57.5 Å². The third-order valence-electron chi connectivity index (χ3n) is 3.50. The fourth-order valence-corrected chi connectivity index (χ4v) is 2.27. The number of thiocarbonyl (C=S) groups is 1. The number of ether oxygens (including phenoxy) is 1. The van der Waals surface area contributed by atoms with Crippen molar-refractivity contribution in [1.29, 1.82) is 0 Å². The summed E-state index contributed by atoms with van der Waals surface area (Å²) in [6.07, 6.45) is 4.67. The molecule has 0 saturated carbocycles. The highest BCUT2D eigenvalue weighted by molar-refractivity contribution is 7.80. The van der Waals surface area contributed by atoms with Crippen LogP contribution in [0, 0.1) is 11.7 Å². The molecule has 1 atom stereocenters. The van der Waals surface area contributed by atoms with Gasteiger partial charge in [0.05, 0.1) is 6.61 Å². The number of unbranched alkanes of at least 4 members (excludes halogenated alkanes) is 1. The van der Waals surface area contributed by atoms with Crippen LogP contribution in [0.15, 0.2) is 18.2 Å². The Labute approximate surface area is 126 Å². The highest BCUT2D eigenvalue weighted by Crippen LogP contribution is 2.17. The van der Waals surface area contributed by atoms with Crippen LogP contribution in [-0.4, -0.2) is 11.6 Å². The molecule has 4 heteroatoms.